The lowest BCUT2D eigenvalue weighted by Crippen LogP contribution is -2.37. The van der Waals surface area contributed by atoms with Gasteiger partial charge >= 0.3 is 0 Å². The maximum absolute atomic E-state index is 4.94. The molecule has 2 nitrogen and oxygen atoms in total. The van der Waals surface area contributed by atoms with Gasteiger partial charge < -0.3 is 4.90 Å². The number of unbranched alkanes of at least 4 members (excludes halogenated alkanes) is 1. The van der Waals surface area contributed by atoms with Crippen molar-refractivity contribution >= 4 is 28.2 Å². The average molecular weight is 328 g/mol. The van der Waals surface area contributed by atoms with E-state index in [-0.39, 0.29) is 0 Å². The molecule has 1 atom stereocenters. The summed E-state index contributed by atoms with van der Waals surface area (Å²) in [6, 6.07) is 21.7. The van der Waals surface area contributed by atoms with E-state index in [4.69, 9.17) is 4.98 Å². The van der Waals surface area contributed by atoms with Crippen molar-refractivity contribution < 1.29 is 0 Å². The van der Waals surface area contributed by atoms with Gasteiger partial charge in [0, 0.05) is 23.2 Å². The molecule has 0 bridgehead atoms. The predicted octanol–water partition coefficient (Wildman–Crippen LogP) is 5.78. The first-order valence-electron chi connectivity index (χ1n) is 9.21. The molecule has 1 aliphatic heterocycles. The summed E-state index contributed by atoms with van der Waals surface area (Å²) in [5, 5.41) is 1.19. The third-order valence-electron chi connectivity index (χ3n) is 5.12. The second-order valence-electron chi connectivity index (χ2n) is 6.77. The molecule has 0 aliphatic carbocycles. The number of nitrogens with zero attached hydrogens (tertiary/aromatic N) is 2. The van der Waals surface area contributed by atoms with Crippen molar-refractivity contribution in [2.45, 2.75) is 32.7 Å². The highest BCUT2D eigenvalue weighted by atomic mass is 15.2. The van der Waals surface area contributed by atoms with E-state index in [0.717, 1.165) is 17.8 Å². The van der Waals surface area contributed by atoms with E-state index in [9.17, 15) is 0 Å². The van der Waals surface area contributed by atoms with Gasteiger partial charge in [-0.05, 0) is 43.2 Å². The molecular weight excluding hydrogens is 304 g/mol. The molecule has 3 aromatic rings. The number of para-hydroxylation sites is 2. The van der Waals surface area contributed by atoms with E-state index in [1.807, 2.05) is 0 Å². The highest BCUT2D eigenvalue weighted by molar-refractivity contribution is 5.93. The van der Waals surface area contributed by atoms with Crippen molar-refractivity contribution in [2.75, 3.05) is 11.4 Å². The molecule has 0 radical (unpaired) electrons. The molecule has 1 aromatic heterocycles. The van der Waals surface area contributed by atoms with Crippen molar-refractivity contribution in [3.05, 3.63) is 71.9 Å². The highest BCUT2D eigenvalue weighted by Gasteiger charge is 2.26. The zero-order chi connectivity index (χ0) is 17.2. The van der Waals surface area contributed by atoms with Gasteiger partial charge in [-0.15, -0.1) is 0 Å². The first kappa shape index (κ1) is 15.9. The number of hydrogen-bond acceptors (Lipinski definition) is 2. The Bertz CT molecular complexity index is 926. The minimum absolute atomic E-state index is 0.329. The van der Waals surface area contributed by atoms with Crippen molar-refractivity contribution in [1.29, 1.82) is 0 Å². The van der Waals surface area contributed by atoms with Gasteiger partial charge in [0.1, 0.15) is 0 Å². The van der Waals surface area contributed by atoms with E-state index < -0.39 is 0 Å². The number of hydrogen-bond donors (Lipinski definition) is 0. The lowest BCUT2D eigenvalue weighted by atomic mass is 9.93. The Kier molecular flexibility index (Phi) is 4.27. The van der Waals surface area contributed by atoms with Crippen molar-refractivity contribution in [2.24, 2.45) is 0 Å². The summed E-state index contributed by atoms with van der Waals surface area (Å²) < 4.78 is 0. The maximum atomic E-state index is 4.94. The predicted molar refractivity (Wildman–Crippen MR) is 108 cm³/mol. The molecule has 0 saturated carbocycles. The standard InChI is InChI=1S/C23H24N2/c1-3-4-15-25-17(2)20(16-19-10-6-8-12-23(19)25)22-14-13-18-9-5-7-11-21(18)24-22/h5-14,16-17H,3-4,15H2,1-2H3. The van der Waals surface area contributed by atoms with Gasteiger partial charge in [-0.3, -0.25) is 0 Å². The van der Waals surface area contributed by atoms with Crippen LogP contribution in [0.3, 0.4) is 0 Å². The molecule has 2 aromatic carbocycles. The Morgan fingerprint density at radius 3 is 2.64 bits per heavy atom. The van der Waals surface area contributed by atoms with Crippen LogP contribution in [0.2, 0.25) is 0 Å². The monoisotopic (exact) mass is 328 g/mol. The van der Waals surface area contributed by atoms with Crippen LogP contribution in [0.5, 0.6) is 0 Å². The summed E-state index contributed by atoms with van der Waals surface area (Å²) in [5.41, 5.74) is 6.09. The summed E-state index contributed by atoms with van der Waals surface area (Å²) in [7, 11) is 0. The third-order valence-corrected chi connectivity index (χ3v) is 5.12. The Labute approximate surface area is 149 Å². The fraction of sp³-hybridized carbons (Fsp3) is 0.261. The molecular formula is C23H24N2. The second-order valence-corrected chi connectivity index (χ2v) is 6.77. The third kappa shape index (κ3) is 2.93. The van der Waals surface area contributed by atoms with Crippen LogP contribution in [0, 0.1) is 0 Å². The van der Waals surface area contributed by atoms with Crippen LogP contribution in [0.4, 0.5) is 5.69 Å². The Morgan fingerprint density at radius 2 is 1.76 bits per heavy atom. The van der Waals surface area contributed by atoms with Crippen molar-refractivity contribution in [3.63, 3.8) is 0 Å². The van der Waals surface area contributed by atoms with Crippen molar-refractivity contribution in [3.8, 4) is 0 Å². The number of aromatic nitrogens is 1. The smallest absolute Gasteiger partial charge is 0.0709 e. The molecule has 1 aliphatic rings. The maximum Gasteiger partial charge on any atom is 0.0709 e. The lowest BCUT2D eigenvalue weighted by Gasteiger charge is -2.37. The summed E-state index contributed by atoms with van der Waals surface area (Å²) in [5.74, 6) is 0. The summed E-state index contributed by atoms with van der Waals surface area (Å²) in [4.78, 5) is 7.47. The Hall–Kier alpha value is -2.61. The van der Waals surface area contributed by atoms with E-state index in [1.165, 1.54) is 35.1 Å². The first-order valence-corrected chi connectivity index (χ1v) is 9.21. The van der Waals surface area contributed by atoms with Gasteiger partial charge in [0.2, 0.25) is 0 Å². The number of fused-ring (bicyclic) bond motifs is 2. The van der Waals surface area contributed by atoms with Crippen LogP contribution in [0.15, 0.2) is 60.7 Å². The van der Waals surface area contributed by atoms with E-state index in [1.54, 1.807) is 0 Å². The quantitative estimate of drug-likeness (QED) is 0.603. The molecule has 25 heavy (non-hydrogen) atoms. The number of anilines is 1. The number of benzene rings is 2. The molecule has 0 spiro atoms. The molecule has 0 fully saturated rings. The first-order chi connectivity index (χ1) is 12.3. The van der Waals surface area contributed by atoms with Crippen LogP contribution in [-0.4, -0.2) is 17.6 Å². The van der Waals surface area contributed by atoms with Crippen LogP contribution < -0.4 is 4.90 Å². The molecule has 0 saturated heterocycles. The van der Waals surface area contributed by atoms with Gasteiger partial charge in [0.05, 0.1) is 17.3 Å². The van der Waals surface area contributed by atoms with Gasteiger partial charge in [-0.1, -0.05) is 55.8 Å². The topological polar surface area (TPSA) is 16.1 Å². The van der Waals surface area contributed by atoms with Crippen LogP contribution >= 0.6 is 0 Å². The molecule has 126 valence electrons. The lowest BCUT2D eigenvalue weighted by molar-refractivity contribution is 0.683. The number of rotatable bonds is 4. The second kappa shape index (κ2) is 6.72. The Morgan fingerprint density at radius 1 is 0.960 bits per heavy atom. The largest absolute Gasteiger partial charge is 0.364 e. The van der Waals surface area contributed by atoms with Crippen LogP contribution in [0.1, 0.15) is 37.9 Å². The number of pyridine rings is 1. The fourth-order valence-electron chi connectivity index (χ4n) is 3.69. The Balaban J connectivity index is 1.81. The van der Waals surface area contributed by atoms with Gasteiger partial charge in [-0.25, -0.2) is 4.98 Å². The van der Waals surface area contributed by atoms with E-state index in [2.05, 4.69) is 85.5 Å². The van der Waals surface area contributed by atoms with Crippen LogP contribution in [0.25, 0.3) is 22.6 Å². The van der Waals surface area contributed by atoms with E-state index in [0.29, 0.717) is 6.04 Å². The molecule has 0 N–H and O–H groups in total. The average Bonchev–Trinajstić information content (AvgIpc) is 2.66. The van der Waals surface area contributed by atoms with E-state index >= 15 is 0 Å². The molecule has 4 rings (SSSR count). The zero-order valence-corrected chi connectivity index (χ0v) is 14.9. The molecule has 1 unspecified atom stereocenters. The minimum Gasteiger partial charge on any atom is -0.364 e. The minimum atomic E-state index is 0.329. The summed E-state index contributed by atoms with van der Waals surface area (Å²) in [6.45, 7) is 5.63. The summed E-state index contributed by atoms with van der Waals surface area (Å²) >= 11 is 0. The molecule has 2 heteroatoms. The molecule has 2 heterocycles. The van der Waals surface area contributed by atoms with Crippen LogP contribution in [-0.2, 0) is 0 Å². The normalized spacial score (nSPS) is 16.6. The summed E-state index contributed by atoms with van der Waals surface area (Å²) in [6.07, 6.45) is 4.73. The van der Waals surface area contributed by atoms with Gasteiger partial charge in [0.25, 0.3) is 0 Å². The fourth-order valence-corrected chi connectivity index (χ4v) is 3.69. The SMILES string of the molecule is CCCCN1c2ccccc2C=C(c2ccc3ccccc3n2)C1C. The van der Waals surface area contributed by atoms with Gasteiger partial charge in [-0.2, -0.15) is 0 Å². The zero-order valence-electron chi connectivity index (χ0n) is 14.9. The highest BCUT2D eigenvalue weighted by Crippen LogP contribution is 2.36. The molecule has 0 amide bonds. The van der Waals surface area contributed by atoms with Gasteiger partial charge in [0.15, 0.2) is 0 Å². The van der Waals surface area contributed by atoms with Crippen molar-refractivity contribution in [1.82, 2.24) is 4.98 Å².